The van der Waals surface area contributed by atoms with E-state index in [4.69, 9.17) is 4.74 Å². The van der Waals surface area contributed by atoms with Gasteiger partial charge in [-0.3, -0.25) is 0 Å². The van der Waals surface area contributed by atoms with Gasteiger partial charge in [0.15, 0.2) is 11.6 Å². The molecule has 2 rings (SSSR count). The SMILES string of the molecule is CCCCCCCCc1ccc(-c2ccc(OCCCCC)c(F)c2)cc1. The first-order chi connectivity index (χ1) is 13.2. The molecule has 0 saturated heterocycles. The molecular weight excluding hydrogens is 335 g/mol. The highest BCUT2D eigenvalue weighted by Crippen LogP contribution is 2.26. The number of ether oxygens (including phenoxy) is 1. The molecule has 0 saturated carbocycles. The Bertz CT molecular complexity index is 648. The number of unbranched alkanes of at least 4 members (excludes halogenated alkanes) is 7. The van der Waals surface area contributed by atoms with Crippen LogP contribution < -0.4 is 4.74 Å². The van der Waals surface area contributed by atoms with Gasteiger partial charge in [-0.15, -0.1) is 0 Å². The van der Waals surface area contributed by atoms with Gasteiger partial charge in [0.25, 0.3) is 0 Å². The van der Waals surface area contributed by atoms with Crippen LogP contribution in [-0.2, 0) is 6.42 Å². The van der Waals surface area contributed by atoms with Gasteiger partial charge >= 0.3 is 0 Å². The highest BCUT2D eigenvalue weighted by molar-refractivity contribution is 5.64. The first kappa shape index (κ1) is 21.5. The van der Waals surface area contributed by atoms with E-state index in [1.807, 2.05) is 6.07 Å². The van der Waals surface area contributed by atoms with Crippen LogP contribution in [0.3, 0.4) is 0 Å². The van der Waals surface area contributed by atoms with Crippen LogP contribution in [-0.4, -0.2) is 6.61 Å². The molecule has 0 aliphatic carbocycles. The smallest absolute Gasteiger partial charge is 0.165 e. The summed E-state index contributed by atoms with van der Waals surface area (Å²) in [6.07, 6.45) is 12.3. The van der Waals surface area contributed by atoms with E-state index < -0.39 is 0 Å². The molecule has 2 aromatic carbocycles. The van der Waals surface area contributed by atoms with Crippen LogP contribution in [0.25, 0.3) is 11.1 Å². The van der Waals surface area contributed by atoms with Crippen molar-refractivity contribution in [3.63, 3.8) is 0 Å². The summed E-state index contributed by atoms with van der Waals surface area (Å²) in [6.45, 7) is 4.98. The van der Waals surface area contributed by atoms with Gasteiger partial charge in [-0.25, -0.2) is 4.39 Å². The van der Waals surface area contributed by atoms with E-state index >= 15 is 0 Å². The van der Waals surface area contributed by atoms with Gasteiger partial charge in [0, 0.05) is 0 Å². The van der Waals surface area contributed by atoms with Crippen molar-refractivity contribution in [2.75, 3.05) is 6.61 Å². The zero-order chi connectivity index (χ0) is 19.3. The molecule has 0 aliphatic heterocycles. The number of rotatable bonds is 13. The van der Waals surface area contributed by atoms with Crippen molar-refractivity contribution in [1.29, 1.82) is 0 Å². The second-order valence-corrected chi connectivity index (χ2v) is 7.42. The lowest BCUT2D eigenvalue weighted by atomic mass is 10.0. The fourth-order valence-electron chi connectivity index (χ4n) is 3.30. The Balaban J connectivity index is 1.84. The van der Waals surface area contributed by atoms with E-state index in [0.717, 1.165) is 36.8 Å². The molecule has 0 aromatic heterocycles. The van der Waals surface area contributed by atoms with E-state index in [9.17, 15) is 4.39 Å². The highest BCUT2D eigenvalue weighted by Gasteiger charge is 2.06. The summed E-state index contributed by atoms with van der Waals surface area (Å²) in [5.41, 5.74) is 3.32. The third-order valence-corrected chi connectivity index (χ3v) is 5.04. The van der Waals surface area contributed by atoms with Crippen molar-refractivity contribution in [2.45, 2.75) is 78.1 Å². The maximum atomic E-state index is 14.3. The minimum Gasteiger partial charge on any atom is -0.491 e. The van der Waals surface area contributed by atoms with Crippen LogP contribution in [0.2, 0.25) is 0 Å². The van der Waals surface area contributed by atoms with Gasteiger partial charge in [0.1, 0.15) is 0 Å². The summed E-state index contributed by atoms with van der Waals surface area (Å²) in [5, 5.41) is 0. The lowest BCUT2D eigenvalue weighted by Crippen LogP contribution is -1.99. The number of aryl methyl sites for hydroxylation is 1. The fraction of sp³-hybridized carbons (Fsp3) is 0.520. The Hall–Kier alpha value is -1.83. The van der Waals surface area contributed by atoms with Gasteiger partial charge < -0.3 is 4.74 Å². The zero-order valence-electron chi connectivity index (χ0n) is 17.1. The Morgan fingerprint density at radius 1 is 0.704 bits per heavy atom. The molecule has 0 bridgehead atoms. The zero-order valence-corrected chi connectivity index (χ0v) is 17.1. The van der Waals surface area contributed by atoms with Gasteiger partial charge in [-0.05, 0) is 48.1 Å². The molecular formula is C25H35FO. The van der Waals surface area contributed by atoms with E-state index in [2.05, 4.69) is 38.1 Å². The predicted molar refractivity (Wildman–Crippen MR) is 114 cm³/mol. The van der Waals surface area contributed by atoms with E-state index in [1.54, 1.807) is 12.1 Å². The molecule has 27 heavy (non-hydrogen) atoms. The van der Waals surface area contributed by atoms with Crippen LogP contribution in [0.15, 0.2) is 42.5 Å². The molecule has 0 heterocycles. The molecule has 0 unspecified atom stereocenters. The van der Waals surface area contributed by atoms with Crippen molar-refractivity contribution in [3.8, 4) is 16.9 Å². The Labute approximate surface area is 165 Å². The average molecular weight is 371 g/mol. The van der Waals surface area contributed by atoms with E-state index in [-0.39, 0.29) is 5.82 Å². The first-order valence-electron chi connectivity index (χ1n) is 10.8. The second-order valence-electron chi connectivity index (χ2n) is 7.42. The molecule has 2 aromatic rings. The van der Waals surface area contributed by atoms with Gasteiger partial charge in [0.2, 0.25) is 0 Å². The van der Waals surface area contributed by atoms with Crippen LogP contribution in [0, 0.1) is 5.82 Å². The Kier molecular flexibility index (Phi) is 9.97. The molecule has 148 valence electrons. The van der Waals surface area contributed by atoms with Crippen molar-refractivity contribution in [2.24, 2.45) is 0 Å². The quantitative estimate of drug-likeness (QED) is 0.325. The van der Waals surface area contributed by atoms with Gasteiger partial charge in [-0.2, -0.15) is 0 Å². The number of hydrogen-bond acceptors (Lipinski definition) is 1. The summed E-state index contributed by atoms with van der Waals surface area (Å²) in [5.74, 6) is 0.0784. The minimum absolute atomic E-state index is 0.278. The first-order valence-corrected chi connectivity index (χ1v) is 10.8. The number of hydrogen-bond donors (Lipinski definition) is 0. The predicted octanol–water partition coefficient (Wildman–Crippen LogP) is 7.96. The maximum absolute atomic E-state index is 14.3. The summed E-state index contributed by atoms with van der Waals surface area (Å²) in [4.78, 5) is 0. The summed E-state index contributed by atoms with van der Waals surface area (Å²) in [7, 11) is 0. The van der Waals surface area contributed by atoms with Crippen LogP contribution in [0.5, 0.6) is 5.75 Å². The summed E-state index contributed by atoms with van der Waals surface area (Å²) < 4.78 is 19.8. The molecule has 0 atom stereocenters. The standard InChI is InChI=1S/C25H35FO/c1-3-5-7-8-9-10-12-21-13-15-22(16-14-21)23-17-18-25(24(26)20-23)27-19-11-6-4-2/h13-18,20H,3-12,19H2,1-2H3. The van der Waals surface area contributed by atoms with E-state index in [0.29, 0.717) is 12.4 Å². The lowest BCUT2D eigenvalue weighted by molar-refractivity contribution is 0.291. The molecule has 0 fully saturated rings. The Morgan fingerprint density at radius 2 is 1.33 bits per heavy atom. The van der Waals surface area contributed by atoms with Crippen molar-refractivity contribution in [1.82, 2.24) is 0 Å². The summed E-state index contributed by atoms with van der Waals surface area (Å²) in [6, 6.07) is 13.8. The normalized spacial score (nSPS) is 10.9. The molecule has 0 radical (unpaired) electrons. The average Bonchev–Trinajstić information content (AvgIpc) is 2.69. The highest BCUT2D eigenvalue weighted by atomic mass is 19.1. The third-order valence-electron chi connectivity index (χ3n) is 5.04. The van der Waals surface area contributed by atoms with Crippen molar-refractivity contribution in [3.05, 3.63) is 53.8 Å². The molecule has 0 aliphatic rings. The second kappa shape index (κ2) is 12.5. The topological polar surface area (TPSA) is 9.23 Å². The number of benzene rings is 2. The fourth-order valence-corrected chi connectivity index (χ4v) is 3.30. The molecule has 2 heteroatoms. The molecule has 1 nitrogen and oxygen atoms in total. The molecule has 0 spiro atoms. The lowest BCUT2D eigenvalue weighted by Gasteiger charge is -2.09. The maximum Gasteiger partial charge on any atom is 0.165 e. The van der Waals surface area contributed by atoms with Gasteiger partial charge in [-0.1, -0.05) is 89.1 Å². The third kappa shape index (κ3) is 7.74. The monoisotopic (exact) mass is 370 g/mol. The van der Waals surface area contributed by atoms with Crippen molar-refractivity contribution < 1.29 is 9.13 Å². The van der Waals surface area contributed by atoms with Crippen LogP contribution in [0.4, 0.5) is 4.39 Å². The number of halogens is 1. The van der Waals surface area contributed by atoms with Crippen molar-refractivity contribution >= 4 is 0 Å². The molecule has 0 amide bonds. The van der Waals surface area contributed by atoms with Crippen LogP contribution >= 0.6 is 0 Å². The minimum atomic E-state index is -0.278. The van der Waals surface area contributed by atoms with Gasteiger partial charge in [0.05, 0.1) is 6.61 Å². The Morgan fingerprint density at radius 3 is 2.04 bits per heavy atom. The van der Waals surface area contributed by atoms with E-state index in [1.165, 1.54) is 44.1 Å². The largest absolute Gasteiger partial charge is 0.491 e. The van der Waals surface area contributed by atoms with Crippen LogP contribution in [0.1, 0.15) is 77.2 Å². The summed E-state index contributed by atoms with van der Waals surface area (Å²) >= 11 is 0. The molecule has 0 N–H and O–H groups in total.